The van der Waals surface area contributed by atoms with Crippen molar-refractivity contribution in [2.75, 3.05) is 6.54 Å². The summed E-state index contributed by atoms with van der Waals surface area (Å²) in [6, 6.07) is 10.6. The van der Waals surface area contributed by atoms with E-state index in [1.165, 1.54) is 5.56 Å². The van der Waals surface area contributed by atoms with Crippen molar-refractivity contribution in [2.24, 2.45) is 5.41 Å². The summed E-state index contributed by atoms with van der Waals surface area (Å²) in [6.45, 7) is 4.92. The van der Waals surface area contributed by atoms with Gasteiger partial charge in [0, 0.05) is 6.04 Å². The van der Waals surface area contributed by atoms with Gasteiger partial charge < -0.3 is 4.90 Å². The lowest BCUT2D eigenvalue weighted by atomic mass is 10.1. The van der Waals surface area contributed by atoms with Crippen LogP contribution in [0.1, 0.15) is 32.0 Å². The van der Waals surface area contributed by atoms with Crippen molar-refractivity contribution in [1.29, 1.82) is 0 Å². The van der Waals surface area contributed by atoms with Gasteiger partial charge in [-0.1, -0.05) is 44.2 Å². The van der Waals surface area contributed by atoms with Crippen molar-refractivity contribution in [3.63, 3.8) is 0 Å². The van der Waals surface area contributed by atoms with Crippen molar-refractivity contribution in [1.82, 2.24) is 10.2 Å². The topological polar surface area (TPSA) is 32.3 Å². The van der Waals surface area contributed by atoms with Gasteiger partial charge in [0.05, 0.1) is 6.54 Å². The van der Waals surface area contributed by atoms with Crippen LogP contribution in [0, 0.1) is 5.41 Å². The Hall–Kier alpha value is -1.35. The average molecular weight is 230 g/mol. The van der Waals surface area contributed by atoms with E-state index in [1.807, 2.05) is 23.1 Å². The number of carbonyl (C=O) groups excluding carboxylic acids is 1. The Labute approximate surface area is 102 Å². The van der Waals surface area contributed by atoms with E-state index in [9.17, 15) is 4.79 Å². The first-order chi connectivity index (χ1) is 8.09. The molecule has 90 valence electrons. The molecule has 1 aliphatic carbocycles. The zero-order chi connectivity index (χ0) is 12.0. The van der Waals surface area contributed by atoms with Gasteiger partial charge in [-0.2, -0.15) is 0 Å². The Morgan fingerprint density at radius 1 is 1.29 bits per heavy atom. The molecule has 0 radical (unpaired) electrons. The van der Waals surface area contributed by atoms with Crippen molar-refractivity contribution in [3.8, 4) is 0 Å². The van der Waals surface area contributed by atoms with Gasteiger partial charge in [-0.15, -0.1) is 0 Å². The molecular weight excluding hydrogens is 212 g/mol. The van der Waals surface area contributed by atoms with E-state index in [0.717, 1.165) is 6.42 Å². The molecule has 17 heavy (non-hydrogen) atoms. The largest absolute Gasteiger partial charge is 0.318 e. The molecular formula is C14H18N2O. The quantitative estimate of drug-likeness (QED) is 0.841. The van der Waals surface area contributed by atoms with E-state index in [0.29, 0.717) is 12.6 Å². The molecule has 1 aromatic carbocycles. The number of hydrogen-bond acceptors (Lipinski definition) is 2. The second-order valence-corrected chi connectivity index (χ2v) is 5.70. The Bertz CT molecular complexity index is 441. The minimum absolute atomic E-state index is 0.0653. The third-order valence-electron chi connectivity index (χ3n) is 3.93. The third-order valence-corrected chi connectivity index (χ3v) is 3.93. The van der Waals surface area contributed by atoms with Gasteiger partial charge in [-0.3, -0.25) is 10.1 Å². The van der Waals surface area contributed by atoms with Crippen molar-refractivity contribution < 1.29 is 4.79 Å². The number of rotatable bonds is 2. The summed E-state index contributed by atoms with van der Waals surface area (Å²) in [4.78, 5) is 14.0. The molecule has 3 heteroatoms. The van der Waals surface area contributed by atoms with Gasteiger partial charge in [0.15, 0.2) is 0 Å². The molecule has 0 bridgehead atoms. The number of amides is 1. The molecule has 3 rings (SSSR count). The fourth-order valence-corrected chi connectivity index (χ4v) is 2.70. The van der Waals surface area contributed by atoms with E-state index in [4.69, 9.17) is 0 Å². The molecule has 1 aromatic rings. The number of nitrogens with one attached hydrogen (secondary N) is 1. The van der Waals surface area contributed by atoms with E-state index < -0.39 is 0 Å². The van der Waals surface area contributed by atoms with Crippen LogP contribution in [0.5, 0.6) is 0 Å². The van der Waals surface area contributed by atoms with E-state index >= 15 is 0 Å². The maximum Gasteiger partial charge on any atom is 0.238 e. The highest BCUT2D eigenvalue weighted by atomic mass is 16.2. The van der Waals surface area contributed by atoms with Gasteiger partial charge in [-0.05, 0) is 17.4 Å². The Balaban J connectivity index is 1.88. The van der Waals surface area contributed by atoms with Crippen LogP contribution in [0.4, 0.5) is 0 Å². The lowest BCUT2D eigenvalue weighted by Crippen LogP contribution is -2.34. The second-order valence-electron chi connectivity index (χ2n) is 5.70. The normalized spacial score (nSPS) is 30.7. The van der Waals surface area contributed by atoms with Gasteiger partial charge in [0.1, 0.15) is 6.17 Å². The van der Waals surface area contributed by atoms with Crippen LogP contribution < -0.4 is 5.32 Å². The molecule has 1 N–H and O–H groups in total. The fraction of sp³-hybridized carbons (Fsp3) is 0.500. The molecule has 2 aliphatic rings. The molecule has 1 saturated carbocycles. The zero-order valence-corrected chi connectivity index (χ0v) is 10.3. The molecule has 1 heterocycles. The van der Waals surface area contributed by atoms with Crippen molar-refractivity contribution in [3.05, 3.63) is 35.9 Å². The number of benzene rings is 1. The number of carbonyl (C=O) groups is 1. The van der Waals surface area contributed by atoms with E-state index in [1.54, 1.807) is 0 Å². The van der Waals surface area contributed by atoms with E-state index in [2.05, 4.69) is 31.3 Å². The first kappa shape index (κ1) is 10.8. The predicted molar refractivity (Wildman–Crippen MR) is 66.2 cm³/mol. The average Bonchev–Trinajstić information content (AvgIpc) is 2.77. The molecule has 0 aromatic heterocycles. The highest BCUT2D eigenvalue weighted by Crippen LogP contribution is 2.51. The monoisotopic (exact) mass is 230 g/mol. The molecule has 1 aliphatic heterocycles. The third kappa shape index (κ3) is 1.75. The predicted octanol–water partition coefficient (Wildman–Crippen LogP) is 1.92. The summed E-state index contributed by atoms with van der Waals surface area (Å²) >= 11 is 0. The Kier molecular flexibility index (Phi) is 2.26. The summed E-state index contributed by atoms with van der Waals surface area (Å²) in [5.41, 5.74) is 1.47. The molecule has 3 nitrogen and oxygen atoms in total. The molecule has 2 fully saturated rings. The summed E-state index contributed by atoms with van der Waals surface area (Å²) in [5, 5.41) is 3.31. The number of nitrogens with zero attached hydrogens (tertiary/aromatic N) is 1. The van der Waals surface area contributed by atoms with Crippen LogP contribution in [-0.4, -0.2) is 23.4 Å². The minimum atomic E-state index is 0.0653. The van der Waals surface area contributed by atoms with Crippen LogP contribution in [-0.2, 0) is 4.79 Å². The highest BCUT2D eigenvalue weighted by Gasteiger charge is 2.54. The first-order valence-corrected chi connectivity index (χ1v) is 6.19. The Morgan fingerprint density at radius 3 is 2.53 bits per heavy atom. The number of hydrogen-bond donors (Lipinski definition) is 1. The highest BCUT2D eigenvalue weighted by molar-refractivity contribution is 5.81. The van der Waals surface area contributed by atoms with Crippen LogP contribution >= 0.6 is 0 Å². The molecule has 1 amide bonds. The summed E-state index contributed by atoms with van der Waals surface area (Å²) in [6.07, 6.45) is 1.18. The van der Waals surface area contributed by atoms with Crippen LogP contribution in [0.25, 0.3) is 0 Å². The van der Waals surface area contributed by atoms with Gasteiger partial charge in [-0.25, -0.2) is 0 Å². The van der Waals surface area contributed by atoms with Crippen LogP contribution in [0.3, 0.4) is 0 Å². The molecule has 1 saturated heterocycles. The maximum absolute atomic E-state index is 12.0. The SMILES string of the molecule is CC1(C)CC1N1C(=O)CNC1c1ccccc1. The molecule has 2 unspecified atom stereocenters. The summed E-state index contributed by atoms with van der Waals surface area (Å²) in [5.74, 6) is 0.231. The van der Waals surface area contributed by atoms with E-state index in [-0.39, 0.29) is 17.5 Å². The summed E-state index contributed by atoms with van der Waals surface area (Å²) < 4.78 is 0. The van der Waals surface area contributed by atoms with Gasteiger partial charge >= 0.3 is 0 Å². The smallest absolute Gasteiger partial charge is 0.238 e. The van der Waals surface area contributed by atoms with Crippen molar-refractivity contribution in [2.45, 2.75) is 32.5 Å². The zero-order valence-electron chi connectivity index (χ0n) is 10.3. The second kappa shape index (κ2) is 3.57. The Morgan fingerprint density at radius 2 is 1.94 bits per heavy atom. The lowest BCUT2D eigenvalue weighted by molar-refractivity contribution is -0.129. The lowest BCUT2D eigenvalue weighted by Gasteiger charge is -2.26. The standard InChI is InChI=1S/C14H18N2O/c1-14(2)8-11(14)16-12(17)9-15-13(16)10-6-4-3-5-7-10/h3-7,11,13,15H,8-9H2,1-2H3. The molecule has 2 atom stereocenters. The van der Waals surface area contributed by atoms with Gasteiger partial charge in [0.2, 0.25) is 5.91 Å². The summed E-state index contributed by atoms with van der Waals surface area (Å²) in [7, 11) is 0. The van der Waals surface area contributed by atoms with Crippen LogP contribution in [0.15, 0.2) is 30.3 Å². The van der Waals surface area contributed by atoms with Crippen LogP contribution in [0.2, 0.25) is 0 Å². The first-order valence-electron chi connectivity index (χ1n) is 6.19. The maximum atomic E-state index is 12.0. The fourth-order valence-electron chi connectivity index (χ4n) is 2.70. The van der Waals surface area contributed by atoms with Gasteiger partial charge in [0.25, 0.3) is 0 Å². The molecule has 0 spiro atoms. The van der Waals surface area contributed by atoms with Crippen molar-refractivity contribution >= 4 is 5.91 Å². The minimum Gasteiger partial charge on any atom is -0.318 e.